The highest BCUT2D eigenvalue weighted by Gasteiger charge is 2.16. The number of rotatable bonds is 4. The average Bonchev–Trinajstić information content (AvgIpc) is 3.23. The molecule has 2 heterocycles. The first-order valence-corrected chi connectivity index (χ1v) is 9.60. The molecule has 0 bridgehead atoms. The largest absolute Gasteiger partial charge is 0.493 e. The topological polar surface area (TPSA) is 97.2 Å². The smallest absolute Gasteiger partial charge is 0.349 e. The van der Waals surface area contributed by atoms with Gasteiger partial charge in [-0.05, 0) is 36.4 Å². The van der Waals surface area contributed by atoms with Crippen molar-refractivity contribution in [1.82, 2.24) is 9.97 Å². The van der Waals surface area contributed by atoms with Crippen LogP contribution in [0.4, 0.5) is 5.69 Å². The number of para-hydroxylation sites is 3. The molecule has 2 N–H and O–H groups in total. The molecule has 5 rings (SSSR count). The Morgan fingerprint density at radius 1 is 1.03 bits per heavy atom. The predicted molar refractivity (Wildman–Crippen MR) is 119 cm³/mol. The van der Waals surface area contributed by atoms with Gasteiger partial charge < -0.3 is 19.5 Å². The molecule has 0 spiro atoms. The second-order valence-electron chi connectivity index (χ2n) is 6.96. The summed E-state index contributed by atoms with van der Waals surface area (Å²) in [6.07, 6.45) is 0. The van der Waals surface area contributed by atoms with Gasteiger partial charge in [0.05, 0.1) is 18.1 Å². The van der Waals surface area contributed by atoms with Crippen LogP contribution in [0, 0.1) is 0 Å². The number of H-pyrrole nitrogens is 1. The predicted octanol–water partition coefficient (Wildman–Crippen LogP) is 4.60. The number of ether oxygens (including phenoxy) is 1. The number of carbonyl (C=O) groups excluding carboxylic acids is 1. The number of anilines is 1. The van der Waals surface area contributed by atoms with Crippen LogP contribution in [0.2, 0.25) is 0 Å². The fraction of sp³-hybridized carbons (Fsp3) is 0.0417. The van der Waals surface area contributed by atoms with Gasteiger partial charge in [-0.25, -0.2) is 9.78 Å². The Morgan fingerprint density at radius 3 is 2.71 bits per heavy atom. The number of aromatic nitrogens is 2. The Bertz CT molecular complexity index is 1470. The van der Waals surface area contributed by atoms with Crippen molar-refractivity contribution in [2.45, 2.75) is 0 Å². The normalized spacial score (nSPS) is 11.0. The van der Waals surface area contributed by atoms with Crippen molar-refractivity contribution >= 4 is 33.6 Å². The number of imidazole rings is 1. The highest BCUT2D eigenvalue weighted by atomic mass is 16.5. The third-order valence-electron chi connectivity index (χ3n) is 4.97. The minimum absolute atomic E-state index is 0.0881. The van der Waals surface area contributed by atoms with E-state index >= 15 is 0 Å². The molecule has 0 saturated carbocycles. The van der Waals surface area contributed by atoms with Crippen molar-refractivity contribution in [3.8, 4) is 17.1 Å². The monoisotopic (exact) mass is 411 g/mol. The Morgan fingerprint density at radius 2 is 1.87 bits per heavy atom. The summed E-state index contributed by atoms with van der Waals surface area (Å²) in [6, 6.07) is 21.7. The minimum Gasteiger partial charge on any atom is -0.493 e. The first kappa shape index (κ1) is 18.6. The van der Waals surface area contributed by atoms with Crippen LogP contribution < -0.4 is 15.7 Å². The van der Waals surface area contributed by atoms with Crippen LogP contribution in [0.5, 0.6) is 5.75 Å². The fourth-order valence-corrected chi connectivity index (χ4v) is 3.47. The molecule has 0 atom stereocenters. The number of benzene rings is 3. The highest BCUT2D eigenvalue weighted by Crippen LogP contribution is 2.26. The summed E-state index contributed by atoms with van der Waals surface area (Å²) in [5, 5.41) is 3.36. The zero-order chi connectivity index (χ0) is 21.4. The number of hydrogen-bond acceptors (Lipinski definition) is 5. The van der Waals surface area contributed by atoms with Gasteiger partial charge in [0, 0.05) is 16.6 Å². The van der Waals surface area contributed by atoms with Crippen molar-refractivity contribution in [2.24, 2.45) is 0 Å². The molecular weight excluding hydrogens is 394 g/mol. The van der Waals surface area contributed by atoms with Gasteiger partial charge in [-0.15, -0.1) is 0 Å². The quantitative estimate of drug-likeness (QED) is 0.421. The summed E-state index contributed by atoms with van der Waals surface area (Å²) in [5.41, 5.74) is 2.61. The SMILES string of the molecule is COc1cccc2cc(C(=O)Nc3cccc(-c4nc5ccccc5[nH]4)c3)c(=O)oc12. The van der Waals surface area contributed by atoms with Gasteiger partial charge in [0.1, 0.15) is 11.4 Å². The minimum atomic E-state index is -0.733. The van der Waals surface area contributed by atoms with Crippen LogP contribution >= 0.6 is 0 Å². The lowest BCUT2D eigenvalue weighted by molar-refractivity contribution is 0.102. The molecule has 0 unspecified atom stereocenters. The Labute approximate surface area is 176 Å². The Hall–Kier alpha value is -4.39. The zero-order valence-electron chi connectivity index (χ0n) is 16.5. The van der Waals surface area contributed by atoms with Gasteiger partial charge in [0.25, 0.3) is 5.91 Å². The van der Waals surface area contributed by atoms with E-state index in [0.717, 1.165) is 16.6 Å². The second kappa shape index (κ2) is 7.46. The van der Waals surface area contributed by atoms with Crippen molar-refractivity contribution in [1.29, 1.82) is 0 Å². The van der Waals surface area contributed by atoms with E-state index in [2.05, 4.69) is 15.3 Å². The molecule has 0 saturated heterocycles. The van der Waals surface area contributed by atoms with E-state index in [1.54, 1.807) is 30.3 Å². The van der Waals surface area contributed by atoms with Gasteiger partial charge in [0.15, 0.2) is 11.3 Å². The molecule has 0 fully saturated rings. The molecule has 0 aliphatic rings. The molecule has 5 aromatic rings. The van der Waals surface area contributed by atoms with Gasteiger partial charge in [0.2, 0.25) is 0 Å². The number of aromatic amines is 1. The van der Waals surface area contributed by atoms with Gasteiger partial charge in [-0.2, -0.15) is 0 Å². The van der Waals surface area contributed by atoms with E-state index in [4.69, 9.17) is 9.15 Å². The first-order valence-electron chi connectivity index (χ1n) is 9.60. The molecule has 0 radical (unpaired) electrons. The van der Waals surface area contributed by atoms with Crippen molar-refractivity contribution < 1.29 is 13.9 Å². The number of fused-ring (bicyclic) bond motifs is 2. The van der Waals surface area contributed by atoms with Crippen molar-refractivity contribution in [3.05, 3.63) is 88.8 Å². The number of methoxy groups -OCH3 is 1. The van der Waals surface area contributed by atoms with Crippen LogP contribution in [0.25, 0.3) is 33.4 Å². The van der Waals surface area contributed by atoms with E-state index in [1.165, 1.54) is 13.2 Å². The molecule has 7 heteroatoms. The molecule has 152 valence electrons. The first-order chi connectivity index (χ1) is 15.1. The lowest BCUT2D eigenvalue weighted by Crippen LogP contribution is -2.20. The highest BCUT2D eigenvalue weighted by molar-refractivity contribution is 6.05. The fourth-order valence-electron chi connectivity index (χ4n) is 3.47. The summed E-state index contributed by atoms with van der Waals surface area (Å²) < 4.78 is 10.6. The summed E-state index contributed by atoms with van der Waals surface area (Å²) in [7, 11) is 1.49. The summed E-state index contributed by atoms with van der Waals surface area (Å²) in [5.74, 6) is 0.565. The number of hydrogen-bond donors (Lipinski definition) is 2. The van der Waals surface area contributed by atoms with Gasteiger partial charge in [-0.3, -0.25) is 4.79 Å². The molecule has 2 aromatic heterocycles. The van der Waals surface area contributed by atoms with E-state index in [9.17, 15) is 9.59 Å². The van der Waals surface area contributed by atoms with E-state index in [-0.39, 0.29) is 5.56 Å². The second-order valence-corrected chi connectivity index (χ2v) is 6.96. The maximum atomic E-state index is 12.8. The molecular formula is C24H17N3O4. The van der Waals surface area contributed by atoms with E-state index < -0.39 is 11.5 Å². The van der Waals surface area contributed by atoms with Crippen molar-refractivity contribution in [2.75, 3.05) is 12.4 Å². The standard InChI is InChI=1S/C24H17N3O4/c1-30-20-11-5-6-14-13-17(24(29)31-21(14)20)23(28)25-16-8-4-7-15(12-16)22-26-18-9-2-3-10-19(18)27-22/h2-13H,1H3,(H,25,28)(H,26,27). The average molecular weight is 411 g/mol. The third-order valence-corrected chi connectivity index (χ3v) is 4.97. The van der Waals surface area contributed by atoms with Crippen LogP contribution in [0.1, 0.15) is 10.4 Å². The van der Waals surface area contributed by atoms with E-state index in [1.807, 2.05) is 36.4 Å². The number of carbonyl (C=O) groups is 1. The third kappa shape index (κ3) is 3.42. The number of nitrogens with one attached hydrogen (secondary N) is 2. The van der Waals surface area contributed by atoms with Gasteiger partial charge in [-0.1, -0.05) is 36.4 Å². The molecule has 3 aromatic carbocycles. The van der Waals surface area contributed by atoms with Crippen LogP contribution in [-0.2, 0) is 0 Å². The molecule has 31 heavy (non-hydrogen) atoms. The maximum Gasteiger partial charge on any atom is 0.349 e. The maximum absolute atomic E-state index is 12.8. The zero-order valence-corrected chi connectivity index (χ0v) is 16.5. The molecule has 1 amide bonds. The van der Waals surface area contributed by atoms with Crippen LogP contribution in [0.3, 0.4) is 0 Å². The van der Waals surface area contributed by atoms with Crippen molar-refractivity contribution in [3.63, 3.8) is 0 Å². The van der Waals surface area contributed by atoms with Crippen LogP contribution in [0.15, 0.2) is 82.0 Å². The van der Waals surface area contributed by atoms with Gasteiger partial charge >= 0.3 is 5.63 Å². The lowest BCUT2D eigenvalue weighted by Gasteiger charge is -2.08. The summed E-state index contributed by atoms with van der Waals surface area (Å²) in [6.45, 7) is 0. The van der Waals surface area contributed by atoms with E-state index in [0.29, 0.717) is 28.2 Å². The Kier molecular flexibility index (Phi) is 4.48. The summed E-state index contributed by atoms with van der Waals surface area (Å²) in [4.78, 5) is 33.1. The lowest BCUT2D eigenvalue weighted by atomic mass is 10.1. The molecule has 0 aliphatic heterocycles. The Balaban J connectivity index is 1.46. The van der Waals surface area contributed by atoms with Crippen LogP contribution in [-0.4, -0.2) is 23.0 Å². The number of amides is 1. The summed E-state index contributed by atoms with van der Waals surface area (Å²) >= 11 is 0. The molecule has 0 aliphatic carbocycles. The molecule has 7 nitrogen and oxygen atoms in total. The number of nitrogens with zero attached hydrogens (tertiary/aromatic N) is 1.